The number of hydrogen-bond acceptors (Lipinski definition) is 4. The second-order valence-electron chi connectivity index (χ2n) is 6.03. The molecule has 2 aromatic rings. The number of likely N-dealkylation sites (tertiary alicyclic amines) is 1. The van der Waals surface area contributed by atoms with Gasteiger partial charge in [0.1, 0.15) is 10.7 Å². The quantitative estimate of drug-likeness (QED) is 0.824. The lowest BCUT2D eigenvalue weighted by Gasteiger charge is -2.33. The number of nitrogens with one attached hydrogen (secondary N) is 1. The minimum absolute atomic E-state index is 0.0990. The Morgan fingerprint density at radius 1 is 1.20 bits per heavy atom. The summed E-state index contributed by atoms with van der Waals surface area (Å²) < 4.78 is 47.1. The Labute approximate surface area is 151 Å². The van der Waals surface area contributed by atoms with Gasteiger partial charge in [-0.05, 0) is 50.2 Å². The molecule has 3 rings (SSSR count). The van der Waals surface area contributed by atoms with Gasteiger partial charge in [-0.15, -0.1) is 0 Å². The third-order valence-electron chi connectivity index (χ3n) is 4.38. The van der Waals surface area contributed by atoms with Crippen molar-refractivity contribution in [2.45, 2.75) is 30.2 Å². The van der Waals surface area contributed by atoms with Gasteiger partial charge in [0.15, 0.2) is 5.82 Å². The van der Waals surface area contributed by atoms with E-state index in [0.29, 0.717) is 5.76 Å². The van der Waals surface area contributed by atoms with Crippen molar-refractivity contribution in [2.24, 2.45) is 0 Å². The SMILES string of the molecule is O=S(=O)(NCC(c1ccco1)N1CCCCC1)c1cccc(Cl)c1F. The lowest BCUT2D eigenvalue weighted by molar-refractivity contribution is 0.147. The molecular formula is C17H20ClFN2O3S. The predicted molar refractivity (Wildman–Crippen MR) is 93.5 cm³/mol. The van der Waals surface area contributed by atoms with Gasteiger partial charge in [-0.3, -0.25) is 4.90 Å². The largest absolute Gasteiger partial charge is 0.468 e. The van der Waals surface area contributed by atoms with Crippen LogP contribution < -0.4 is 4.72 Å². The minimum Gasteiger partial charge on any atom is -0.468 e. The van der Waals surface area contributed by atoms with E-state index in [-0.39, 0.29) is 17.6 Å². The molecule has 1 aliphatic rings. The number of sulfonamides is 1. The summed E-state index contributed by atoms with van der Waals surface area (Å²) >= 11 is 5.70. The van der Waals surface area contributed by atoms with Crippen LogP contribution in [-0.2, 0) is 10.0 Å². The zero-order valence-electron chi connectivity index (χ0n) is 13.6. The van der Waals surface area contributed by atoms with Crippen LogP contribution in [0, 0.1) is 5.82 Å². The molecular weight excluding hydrogens is 367 g/mol. The van der Waals surface area contributed by atoms with Crippen LogP contribution >= 0.6 is 11.6 Å². The summed E-state index contributed by atoms with van der Waals surface area (Å²) in [6, 6.07) is 7.30. The number of halogens is 2. The summed E-state index contributed by atoms with van der Waals surface area (Å²) in [5, 5.41) is -0.221. The van der Waals surface area contributed by atoms with E-state index in [0.717, 1.165) is 25.9 Å². The molecule has 1 unspecified atom stereocenters. The Morgan fingerprint density at radius 3 is 2.64 bits per heavy atom. The van der Waals surface area contributed by atoms with Crippen LogP contribution in [0.25, 0.3) is 0 Å². The van der Waals surface area contributed by atoms with Gasteiger partial charge in [0.25, 0.3) is 0 Å². The summed E-state index contributed by atoms with van der Waals surface area (Å²) in [6.45, 7) is 1.85. The first kappa shape index (κ1) is 18.4. The normalized spacial score (nSPS) is 17.5. The Morgan fingerprint density at radius 2 is 1.96 bits per heavy atom. The lowest BCUT2D eigenvalue weighted by atomic mass is 10.1. The summed E-state index contributed by atoms with van der Waals surface area (Å²) in [5.41, 5.74) is 0. The maximum Gasteiger partial charge on any atom is 0.243 e. The van der Waals surface area contributed by atoms with Crippen molar-refractivity contribution >= 4 is 21.6 Å². The topological polar surface area (TPSA) is 62.6 Å². The van der Waals surface area contributed by atoms with Crippen LogP contribution in [0.3, 0.4) is 0 Å². The van der Waals surface area contributed by atoms with Crippen molar-refractivity contribution in [3.63, 3.8) is 0 Å². The molecule has 1 aliphatic heterocycles. The summed E-state index contributed by atoms with van der Waals surface area (Å²) in [4.78, 5) is 1.75. The Kier molecular flexibility index (Phi) is 5.78. The summed E-state index contributed by atoms with van der Waals surface area (Å²) in [7, 11) is -4.02. The van der Waals surface area contributed by atoms with Crippen LogP contribution in [0.15, 0.2) is 45.9 Å². The van der Waals surface area contributed by atoms with Crippen molar-refractivity contribution in [1.29, 1.82) is 0 Å². The molecule has 136 valence electrons. The third-order valence-corrected chi connectivity index (χ3v) is 6.11. The number of furan rings is 1. The molecule has 1 atom stereocenters. The van der Waals surface area contributed by atoms with E-state index in [2.05, 4.69) is 9.62 Å². The standard InChI is InChI=1S/C17H20ClFN2O3S/c18-13-6-4-8-16(17(13)19)25(22,23)20-12-14(15-7-5-11-24-15)21-9-2-1-3-10-21/h4-8,11,14,20H,1-3,9-10,12H2. The van der Waals surface area contributed by atoms with Crippen LogP contribution in [0.2, 0.25) is 5.02 Å². The molecule has 2 heterocycles. The van der Waals surface area contributed by atoms with Gasteiger partial charge in [-0.2, -0.15) is 0 Å². The molecule has 1 fully saturated rings. The number of nitrogens with zero attached hydrogens (tertiary/aromatic N) is 1. The highest BCUT2D eigenvalue weighted by Gasteiger charge is 2.28. The smallest absolute Gasteiger partial charge is 0.243 e. The summed E-state index contributed by atoms with van der Waals surface area (Å²) in [6.07, 6.45) is 4.86. The molecule has 0 bridgehead atoms. The van der Waals surface area contributed by atoms with Crippen molar-refractivity contribution in [3.8, 4) is 0 Å². The molecule has 0 aliphatic carbocycles. The van der Waals surface area contributed by atoms with Crippen molar-refractivity contribution in [3.05, 3.63) is 53.2 Å². The van der Waals surface area contributed by atoms with E-state index in [4.69, 9.17) is 16.0 Å². The van der Waals surface area contributed by atoms with Crippen LogP contribution in [0.1, 0.15) is 31.1 Å². The molecule has 25 heavy (non-hydrogen) atoms. The highest BCUT2D eigenvalue weighted by Crippen LogP contribution is 2.26. The predicted octanol–water partition coefficient (Wildman–Crippen LogP) is 3.58. The van der Waals surface area contributed by atoms with E-state index in [1.54, 1.807) is 12.3 Å². The van der Waals surface area contributed by atoms with E-state index >= 15 is 0 Å². The van der Waals surface area contributed by atoms with Gasteiger partial charge >= 0.3 is 0 Å². The monoisotopic (exact) mass is 386 g/mol. The maximum atomic E-state index is 14.1. The lowest BCUT2D eigenvalue weighted by Crippen LogP contribution is -2.40. The fourth-order valence-electron chi connectivity index (χ4n) is 3.08. The van der Waals surface area contributed by atoms with Gasteiger partial charge < -0.3 is 4.42 Å². The molecule has 1 N–H and O–H groups in total. The Hall–Kier alpha value is -1.41. The minimum atomic E-state index is -4.02. The van der Waals surface area contributed by atoms with Crippen LogP contribution in [-0.4, -0.2) is 33.0 Å². The Balaban J connectivity index is 1.79. The highest BCUT2D eigenvalue weighted by atomic mass is 35.5. The van der Waals surface area contributed by atoms with Crippen molar-refractivity contribution < 1.29 is 17.2 Å². The van der Waals surface area contributed by atoms with Gasteiger partial charge in [-0.25, -0.2) is 17.5 Å². The zero-order valence-corrected chi connectivity index (χ0v) is 15.2. The van der Waals surface area contributed by atoms with E-state index in [1.165, 1.54) is 24.6 Å². The molecule has 5 nitrogen and oxygen atoms in total. The first-order valence-corrected chi connectivity index (χ1v) is 10.1. The van der Waals surface area contributed by atoms with Gasteiger partial charge in [0.2, 0.25) is 10.0 Å². The molecule has 1 saturated heterocycles. The maximum absolute atomic E-state index is 14.1. The van der Waals surface area contributed by atoms with Crippen LogP contribution in [0.5, 0.6) is 0 Å². The molecule has 8 heteroatoms. The number of rotatable bonds is 6. The molecule has 0 radical (unpaired) electrons. The summed E-state index contributed by atoms with van der Waals surface area (Å²) in [5.74, 6) is -0.250. The van der Waals surface area contributed by atoms with Gasteiger partial charge in [-0.1, -0.05) is 24.1 Å². The average Bonchev–Trinajstić information content (AvgIpc) is 3.12. The van der Waals surface area contributed by atoms with E-state index in [1.807, 2.05) is 6.07 Å². The average molecular weight is 387 g/mol. The van der Waals surface area contributed by atoms with Gasteiger partial charge in [0.05, 0.1) is 17.3 Å². The number of hydrogen-bond donors (Lipinski definition) is 1. The Bertz CT molecular complexity index is 805. The number of benzene rings is 1. The van der Waals surface area contributed by atoms with E-state index < -0.39 is 20.7 Å². The number of piperidine rings is 1. The first-order valence-electron chi connectivity index (χ1n) is 8.20. The molecule has 0 saturated carbocycles. The third kappa shape index (κ3) is 4.23. The van der Waals surface area contributed by atoms with Crippen LogP contribution in [0.4, 0.5) is 4.39 Å². The molecule has 1 aromatic heterocycles. The van der Waals surface area contributed by atoms with E-state index in [9.17, 15) is 12.8 Å². The first-order chi connectivity index (χ1) is 12.0. The zero-order chi connectivity index (χ0) is 17.9. The molecule has 1 aromatic carbocycles. The fraction of sp³-hybridized carbons (Fsp3) is 0.412. The molecule has 0 amide bonds. The van der Waals surface area contributed by atoms with Crippen molar-refractivity contribution in [2.75, 3.05) is 19.6 Å². The fourth-order valence-corrected chi connectivity index (χ4v) is 4.45. The molecule has 0 spiro atoms. The van der Waals surface area contributed by atoms with Gasteiger partial charge in [0, 0.05) is 6.54 Å². The second-order valence-corrected chi connectivity index (χ2v) is 8.17. The highest BCUT2D eigenvalue weighted by molar-refractivity contribution is 7.89. The second kappa shape index (κ2) is 7.86. The van der Waals surface area contributed by atoms with Crippen molar-refractivity contribution in [1.82, 2.24) is 9.62 Å².